The van der Waals surface area contributed by atoms with Crippen LogP contribution >= 0.6 is 0 Å². The highest BCUT2D eigenvalue weighted by molar-refractivity contribution is 5.83. The normalized spacial score (nSPS) is 27.6. The molecule has 0 bridgehead atoms. The molecule has 1 amide bonds. The average Bonchev–Trinajstić information content (AvgIpc) is 2.67. The third-order valence-electron chi connectivity index (χ3n) is 3.68. The van der Waals surface area contributed by atoms with Gasteiger partial charge in [0.15, 0.2) is 0 Å². The van der Waals surface area contributed by atoms with Gasteiger partial charge in [-0.25, -0.2) is 0 Å². The van der Waals surface area contributed by atoms with Gasteiger partial charge in [-0.05, 0) is 19.4 Å². The van der Waals surface area contributed by atoms with E-state index < -0.39 is 5.97 Å². The average molecular weight is 226 g/mol. The Balaban J connectivity index is 1.79. The molecule has 2 N–H and O–H groups in total. The van der Waals surface area contributed by atoms with Gasteiger partial charge in [-0.15, -0.1) is 0 Å². The summed E-state index contributed by atoms with van der Waals surface area (Å²) in [6.45, 7) is 3.83. The Hall–Kier alpha value is -1.10. The molecule has 2 rings (SSSR count). The number of nitrogens with one attached hydrogen (secondary N) is 1. The van der Waals surface area contributed by atoms with Crippen LogP contribution in [0, 0.1) is 11.8 Å². The molecule has 0 aromatic heterocycles. The molecule has 0 saturated carbocycles. The van der Waals surface area contributed by atoms with E-state index in [0.717, 1.165) is 19.4 Å². The molecular formula is C11H18N2O3. The van der Waals surface area contributed by atoms with Gasteiger partial charge in [-0.3, -0.25) is 9.59 Å². The summed E-state index contributed by atoms with van der Waals surface area (Å²) in [7, 11) is 0. The molecular weight excluding hydrogens is 208 g/mol. The molecule has 2 fully saturated rings. The largest absolute Gasteiger partial charge is 0.481 e. The minimum atomic E-state index is -0.768. The van der Waals surface area contributed by atoms with Gasteiger partial charge in [-0.1, -0.05) is 6.92 Å². The number of amides is 1. The molecule has 2 aliphatic rings. The molecule has 16 heavy (non-hydrogen) atoms. The van der Waals surface area contributed by atoms with Gasteiger partial charge in [0.1, 0.15) is 0 Å². The number of aliphatic carboxylic acids is 1. The quantitative estimate of drug-likeness (QED) is 0.706. The van der Waals surface area contributed by atoms with E-state index in [1.807, 2.05) is 0 Å². The highest BCUT2D eigenvalue weighted by Crippen LogP contribution is 2.25. The molecule has 2 aliphatic heterocycles. The van der Waals surface area contributed by atoms with Crippen molar-refractivity contribution in [2.24, 2.45) is 11.8 Å². The van der Waals surface area contributed by atoms with Crippen molar-refractivity contribution in [1.29, 1.82) is 0 Å². The Labute approximate surface area is 94.8 Å². The summed E-state index contributed by atoms with van der Waals surface area (Å²) in [4.78, 5) is 24.4. The van der Waals surface area contributed by atoms with Gasteiger partial charge in [-0.2, -0.15) is 0 Å². The number of hydrogen-bond donors (Lipinski definition) is 2. The topological polar surface area (TPSA) is 69.6 Å². The van der Waals surface area contributed by atoms with Gasteiger partial charge in [0, 0.05) is 19.0 Å². The molecule has 2 saturated heterocycles. The van der Waals surface area contributed by atoms with Crippen molar-refractivity contribution in [2.75, 3.05) is 19.6 Å². The monoisotopic (exact) mass is 226 g/mol. The smallest absolute Gasteiger partial charge is 0.306 e. The highest BCUT2D eigenvalue weighted by Gasteiger charge is 2.39. The first kappa shape index (κ1) is 11.4. The minimum Gasteiger partial charge on any atom is -0.481 e. The summed E-state index contributed by atoms with van der Waals surface area (Å²) < 4.78 is 0. The van der Waals surface area contributed by atoms with Gasteiger partial charge >= 0.3 is 5.97 Å². The Morgan fingerprint density at radius 1 is 1.44 bits per heavy atom. The van der Waals surface area contributed by atoms with Crippen LogP contribution in [0.2, 0.25) is 0 Å². The second-order valence-electron chi connectivity index (χ2n) is 4.78. The molecule has 1 unspecified atom stereocenters. The van der Waals surface area contributed by atoms with E-state index in [9.17, 15) is 9.59 Å². The number of carbonyl (C=O) groups excluding carboxylic acids is 1. The van der Waals surface area contributed by atoms with Crippen molar-refractivity contribution >= 4 is 11.9 Å². The van der Waals surface area contributed by atoms with Crippen LogP contribution in [0.4, 0.5) is 0 Å². The summed E-state index contributed by atoms with van der Waals surface area (Å²) >= 11 is 0. The van der Waals surface area contributed by atoms with E-state index in [4.69, 9.17) is 5.11 Å². The van der Waals surface area contributed by atoms with Crippen molar-refractivity contribution in [1.82, 2.24) is 10.2 Å². The van der Waals surface area contributed by atoms with Crippen LogP contribution in [0.15, 0.2) is 0 Å². The molecule has 0 aromatic rings. The lowest BCUT2D eigenvalue weighted by molar-refractivity contribution is -0.151. The number of likely N-dealkylation sites (tertiary alicyclic amines) is 1. The predicted molar refractivity (Wildman–Crippen MR) is 57.9 cm³/mol. The van der Waals surface area contributed by atoms with Gasteiger partial charge in [0.05, 0.1) is 12.0 Å². The lowest BCUT2D eigenvalue weighted by Crippen LogP contribution is -2.57. The summed E-state index contributed by atoms with van der Waals surface area (Å²) in [6.07, 6.45) is 1.97. The van der Waals surface area contributed by atoms with Gasteiger partial charge < -0.3 is 15.3 Å². The first-order chi connectivity index (χ1) is 7.59. The number of carbonyl (C=O) groups is 2. The fourth-order valence-corrected chi connectivity index (χ4v) is 2.33. The number of carboxylic acid groups (broad SMARTS) is 1. The van der Waals surface area contributed by atoms with Gasteiger partial charge in [0.2, 0.25) is 5.91 Å². The zero-order valence-electron chi connectivity index (χ0n) is 9.48. The maximum Gasteiger partial charge on any atom is 0.306 e. The van der Waals surface area contributed by atoms with E-state index in [1.54, 1.807) is 11.8 Å². The maximum absolute atomic E-state index is 11.9. The van der Waals surface area contributed by atoms with E-state index in [1.165, 1.54) is 0 Å². The van der Waals surface area contributed by atoms with Crippen molar-refractivity contribution in [3.8, 4) is 0 Å². The molecule has 90 valence electrons. The van der Waals surface area contributed by atoms with Crippen LogP contribution in [-0.4, -0.2) is 47.6 Å². The third kappa shape index (κ3) is 2.04. The van der Waals surface area contributed by atoms with Gasteiger partial charge in [0.25, 0.3) is 0 Å². The second-order valence-corrected chi connectivity index (χ2v) is 4.78. The Morgan fingerprint density at radius 2 is 2.12 bits per heavy atom. The Bertz CT molecular complexity index is 294. The molecule has 0 radical (unpaired) electrons. The zero-order chi connectivity index (χ0) is 11.7. The van der Waals surface area contributed by atoms with E-state index in [-0.39, 0.29) is 23.8 Å². The molecule has 2 atom stereocenters. The van der Waals surface area contributed by atoms with Crippen LogP contribution in [0.25, 0.3) is 0 Å². The van der Waals surface area contributed by atoms with Crippen LogP contribution in [0.5, 0.6) is 0 Å². The summed E-state index contributed by atoms with van der Waals surface area (Å²) in [6, 6.07) is -0.0268. The van der Waals surface area contributed by atoms with E-state index in [2.05, 4.69) is 5.32 Å². The van der Waals surface area contributed by atoms with E-state index >= 15 is 0 Å². The minimum absolute atomic E-state index is 0.0268. The summed E-state index contributed by atoms with van der Waals surface area (Å²) in [5.74, 6) is -0.842. The fourth-order valence-electron chi connectivity index (χ4n) is 2.33. The first-order valence-corrected chi connectivity index (χ1v) is 5.84. The SMILES string of the molecule is CC(C(=O)O)C1CN(C(=O)[C@@H]2CCCN2)C1. The molecule has 5 heteroatoms. The van der Waals surface area contributed by atoms with Crippen LogP contribution < -0.4 is 5.32 Å². The van der Waals surface area contributed by atoms with Crippen LogP contribution in [-0.2, 0) is 9.59 Å². The molecule has 0 aromatic carbocycles. The van der Waals surface area contributed by atoms with Crippen molar-refractivity contribution in [3.05, 3.63) is 0 Å². The van der Waals surface area contributed by atoms with Crippen LogP contribution in [0.1, 0.15) is 19.8 Å². The van der Waals surface area contributed by atoms with E-state index in [0.29, 0.717) is 13.1 Å². The predicted octanol–water partition coefficient (Wildman–Crippen LogP) is -0.0825. The summed E-state index contributed by atoms with van der Waals surface area (Å²) in [5, 5.41) is 12.0. The molecule has 0 spiro atoms. The highest BCUT2D eigenvalue weighted by atomic mass is 16.4. The lowest BCUT2D eigenvalue weighted by Gasteiger charge is -2.42. The standard InChI is InChI=1S/C11H18N2O3/c1-7(11(15)16)8-5-13(6-8)10(14)9-3-2-4-12-9/h7-9,12H,2-6H2,1H3,(H,15,16)/t7?,9-/m0/s1. The van der Waals surface area contributed by atoms with Crippen molar-refractivity contribution in [2.45, 2.75) is 25.8 Å². The molecule has 5 nitrogen and oxygen atoms in total. The van der Waals surface area contributed by atoms with Crippen molar-refractivity contribution < 1.29 is 14.7 Å². The first-order valence-electron chi connectivity index (χ1n) is 5.84. The lowest BCUT2D eigenvalue weighted by atomic mass is 9.86. The Kier molecular flexibility index (Phi) is 3.14. The third-order valence-corrected chi connectivity index (χ3v) is 3.68. The van der Waals surface area contributed by atoms with Crippen LogP contribution in [0.3, 0.4) is 0 Å². The number of nitrogens with zero attached hydrogens (tertiary/aromatic N) is 1. The Morgan fingerprint density at radius 3 is 2.62 bits per heavy atom. The number of carboxylic acids is 1. The molecule has 2 heterocycles. The van der Waals surface area contributed by atoms with Crippen molar-refractivity contribution in [3.63, 3.8) is 0 Å². The summed E-state index contributed by atoms with van der Waals surface area (Å²) in [5.41, 5.74) is 0. The number of hydrogen-bond acceptors (Lipinski definition) is 3. The number of rotatable bonds is 3. The maximum atomic E-state index is 11.9. The fraction of sp³-hybridized carbons (Fsp3) is 0.818. The second kappa shape index (κ2) is 4.41. The molecule has 0 aliphatic carbocycles. The zero-order valence-corrected chi connectivity index (χ0v) is 9.48.